The molecule has 0 fully saturated rings. The molecule has 0 unspecified atom stereocenters. The normalized spacial score (nSPS) is 11.2. The standard InChI is InChI=1S/C6H10N2/c1-4-8-6(2)5-7-3/h4-5H,2H2,1,3H3. The molecule has 44 valence electrons. The predicted molar refractivity (Wildman–Crippen MR) is 37.7 cm³/mol. The topological polar surface area (TPSA) is 24.7 Å². The molecule has 0 N–H and O–H groups in total. The molecular formula is C6H10N2. The summed E-state index contributed by atoms with van der Waals surface area (Å²) in [6.07, 6.45) is 3.30. The minimum atomic E-state index is 0.690. The van der Waals surface area contributed by atoms with Crippen molar-refractivity contribution >= 4 is 12.4 Å². The van der Waals surface area contributed by atoms with Crippen LogP contribution in [0.15, 0.2) is 22.3 Å². The fourth-order valence-corrected chi connectivity index (χ4v) is 0.348. The van der Waals surface area contributed by atoms with Crippen LogP contribution in [0.2, 0.25) is 0 Å². The molecule has 0 bridgehead atoms. The summed E-state index contributed by atoms with van der Waals surface area (Å²) in [6, 6.07) is 0. The van der Waals surface area contributed by atoms with Crippen molar-refractivity contribution in [2.24, 2.45) is 9.98 Å². The molecule has 2 nitrogen and oxygen atoms in total. The number of hydrogen-bond acceptors (Lipinski definition) is 2. The van der Waals surface area contributed by atoms with Gasteiger partial charge in [-0.2, -0.15) is 0 Å². The van der Waals surface area contributed by atoms with Crippen LogP contribution in [0, 0.1) is 0 Å². The van der Waals surface area contributed by atoms with Crippen LogP contribution in [0.1, 0.15) is 6.92 Å². The van der Waals surface area contributed by atoms with E-state index in [0.29, 0.717) is 5.70 Å². The molecular weight excluding hydrogens is 100 g/mol. The maximum Gasteiger partial charge on any atom is 0.0731 e. The quantitative estimate of drug-likeness (QED) is 0.478. The van der Waals surface area contributed by atoms with Gasteiger partial charge < -0.3 is 0 Å². The summed E-state index contributed by atoms with van der Waals surface area (Å²) < 4.78 is 0. The first-order valence-electron chi connectivity index (χ1n) is 2.41. The van der Waals surface area contributed by atoms with Crippen LogP contribution >= 0.6 is 0 Å². The van der Waals surface area contributed by atoms with Gasteiger partial charge in [-0.25, -0.2) is 0 Å². The van der Waals surface area contributed by atoms with Crippen molar-refractivity contribution in [3.05, 3.63) is 12.3 Å². The van der Waals surface area contributed by atoms with Crippen LogP contribution in [0.5, 0.6) is 0 Å². The Morgan fingerprint density at radius 3 is 2.62 bits per heavy atom. The highest BCUT2D eigenvalue weighted by Gasteiger charge is 1.74. The van der Waals surface area contributed by atoms with Crippen molar-refractivity contribution in [1.82, 2.24) is 0 Å². The summed E-state index contributed by atoms with van der Waals surface area (Å²) in [4.78, 5) is 7.56. The maximum atomic E-state index is 3.85. The number of allylic oxidation sites excluding steroid dienone is 1. The van der Waals surface area contributed by atoms with Crippen LogP contribution < -0.4 is 0 Å². The molecule has 0 aliphatic carbocycles. The van der Waals surface area contributed by atoms with Gasteiger partial charge in [-0.1, -0.05) is 6.58 Å². The zero-order valence-electron chi connectivity index (χ0n) is 5.26. The highest BCUT2D eigenvalue weighted by Crippen LogP contribution is 1.83. The van der Waals surface area contributed by atoms with Crippen molar-refractivity contribution in [2.75, 3.05) is 7.05 Å². The van der Waals surface area contributed by atoms with Gasteiger partial charge in [-0.05, 0) is 6.92 Å². The van der Waals surface area contributed by atoms with E-state index in [9.17, 15) is 0 Å². The molecule has 0 atom stereocenters. The Kier molecular flexibility index (Phi) is 3.76. The lowest BCUT2D eigenvalue weighted by Gasteiger charge is -1.82. The van der Waals surface area contributed by atoms with E-state index in [1.165, 1.54) is 0 Å². The smallest absolute Gasteiger partial charge is 0.0731 e. The lowest BCUT2D eigenvalue weighted by molar-refractivity contribution is 1.42. The third kappa shape index (κ3) is 3.28. The lowest BCUT2D eigenvalue weighted by atomic mass is 10.5. The number of nitrogens with zero attached hydrogens (tertiary/aromatic N) is 2. The van der Waals surface area contributed by atoms with Crippen molar-refractivity contribution in [3.8, 4) is 0 Å². The highest BCUT2D eigenvalue weighted by molar-refractivity contribution is 5.79. The van der Waals surface area contributed by atoms with Crippen molar-refractivity contribution < 1.29 is 0 Å². The van der Waals surface area contributed by atoms with Gasteiger partial charge in [0.15, 0.2) is 0 Å². The zero-order valence-corrected chi connectivity index (χ0v) is 5.26. The van der Waals surface area contributed by atoms with E-state index < -0.39 is 0 Å². The lowest BCUT2D eigenvalue weighted by Crippen LogP contribution is -1.75. The second kappa shape index (κ2) is 4.24. The number of hydrogen-bond donors (Lipinski definition) is 0. The van der Waals surface area contributed by atoms with Gasteiger partial charge in [0, 0.05) is 19.5 Å². The summed E-state index contributed by atoms with van der Waals surface area (Å²) in [7, 11) is 1.69. The largest absolute Gasteiger partial charge is 0.294 e. The fourth-order valence-electron chi connectivity index (χ4n) is 0.348. The first-order chi connectivity index (χ1) is 3.81. The molecule has 0 aliphatic heterocycles. The van der Waals surface area contributed by atoms with Crippen LogP contribution in [0.3, 0.4) is 0 Å². The molecule has 8 heavy (non-hydrogen) atoms. The average molecular weight is 110 g/mol. The molecule has 0 saturated heterocycles. The van der Waals surface area contributed by atoms with Gasteiger partial charge in [0.25, 0.3) is 0 Å². The van der Waals surface area contributed by atoms with Gasteiger partial charge in [-0.3, -0.25) is 9.98 Å². The van der Waals surface area contributed by atoms with E-state index in [-0.39, 0.29) is 0 Å². The third-order valence-corrected chi connectivity index (χ3v) is 0.573. The molecule has 0 aromatic carbocycles. The second-order valence-corrected chi connectivity index (χ2v) is 1.27. The Morgan fingerprint density at radius 1 is 1.62 bits per heavy atom. The maximum absolute atomic E-state index is 3.85. The minimum Gasteiger partial charge on any atom is -0.294 e. The van der Waals surface area contributed by atoms with E-state index in [1.807, 2.05) is 6.92 Å². The molecule has 2 heteroatoms. The third-order valence-electron chi connectivity index (χ3n) is 0.573. The van der Waals surface area contributed by atoms with Gasteiger partial charge in [0.05, 0.1) is 5.70 Å². The Morgan fingerprint density at radius 2 is 2.25 bits per heavy atom. The van der Waals surface area contributed by atoms with E-state index >= 15 is 0 Å². The molecule has 0 saturated carbocycles. The zero-order chi connectivity index (χ0) is 6.41. The van der Waals surface area contributed by atoms with Gasteiger partial charge in [0.1, 0.15) is 0 Å². The van der Waals surface area contributed by atoms with Crippen LogP contribution in [0.25, 0.3) is 0 Å². The Balaban J connectivity index is 3.66. The van der Waals surface area contributed by atoms with Crippen LogP contribution in [-0.2, 0) is 0 Å². The Hall–Kier alpha value is -0.920. The molecule has 0 rings (SSSR count). The summed E-state index contributed by atoms with van der Waals surface area (Å²) in [5.41, 5.74) is 0.690. The summed E-state index contributed by atoms with van der Waals surface area (Å²) >= 11 is 0. The molecule has 0 aromatic heterocycles. The van der Waals surface area contributed by atoms with Crippen molar-refractivity contribution in [1.29, 1.82) is 0 Å². The van der Waals surface area contributed by atoms with Gasteiger partial charge in [-0.15, -0.1) is 0 Å². The van der Waals surface area contributed by atoms with E-state index in [2.05, 4.69) is 16.6 Å². The predicted octanol–water partition coefficient (Wildman–Crippen LogP) is 1.29. The van der Waals surface area contributed by atoms with E-state index in [0.717, 1.165) is 0 Å². The Bertz CT molecular complexity index is 108. The van der Waals surface area contributed by atoms with Gasteiger partial charge in [0.2, 0.25) is 0 Å². The van der Waals surface area contributed by atoms with Crippen molar-refractivity contribution in [2.45, 2.75) is 6.92 Å². The highest BCUT2D eigenvalue weighted by atomic mass is 14.8. The molecule has 0 heterocycles. The fraction of sp³-hybridized carbons (Fsp3) is 0.333. The van der Waals surface area contributed by atoms with E-state index in [4.69, 9.17) is 0 Å². The second-order valence-electron chi connectivity index (χ2n) is 1.27. The SMILES string of the molecule is C=C(C=NC)N=CC. The number of aliphatic imine (C=N–C) groups is 2. The molecule has 0 spiro atoms. The van der Waals surface area contributed by atoms with Crippen LogP contribution in [-0.4, -0.2) is 19.5 Å². The molecule has 0 radical (unpaired) electrons. The summed E-state index contributed by atoms with van der Waals surface area (Å²) in [5.74, 6) is 0. The molecule has 0 amide bonds. The summed E-state index contributed by atoms with van der Waals surface area (Å²) in [6.45, 7) is 5.43. The monoisotopic (exact) mass is 110 g/mol. The van der Waals surface area contributed by atoms with Gasteiger partial charge >= 0.3 is 0 Å². The summed E-state index contributed by atoms with van der Waals surface area (Å²) in [5, 5.41) is 0. The van der Waals surface area contributed by atoms with Crippen molar-refractivity contribution in [3.63, 3.8) is 0 Å². The molecule has 0 aliphatic rings. The first-order valence-corrected chi connectivity index (χ1v) is 2.41. The average Bonchev–Trinajstić information content (AvgIpc) is 1.68. The number of rotatable bonds is 2. The molecule has 0 aromatic rings. The van der Waals surface area contributed by atoms with Crippen LogP contribution in [0.4, 0.5) is 0 Å². The minimum absolute atomic E-state index is 0.690. The Labute approximate surface area is 49.7 Å². The first kappa shape index (κ1) is 7.08. The van der Waals surface area contributed by atoms with E-state index in [1.54, 1.807) is 19.5 Å².